The molecule has 2 aromatic rings. The van der Waals surface area contributed by atoms with E-state index in [1.165, 1.54) is 36.0 Å². The Labute approximate surface area is 183 Å². The molecule has 0 aliphatic carbocycles. The third-order valence-corrected chi connectivity index (χ3v) is 6.24. The Balaban J connectivity index is 1.92. The van der Waals surface area contributed by atoms with Crippen molar-refractivity contribution in [1.29, 1.82) is 0 Å². The lowest BCUT2D eigenvalue weighted by Gasteiger charge is -2.18. The van der Waals surface area contributed by atoms with Crippen LogP contribution in [0.1, 0.15) is 12.0 Å². The van der Waals surface area contributed by atoms with Crippen LogP contribution in [0.5, 0.6) is 5.75 Å². The van der Waals surface area contributed by atoms with Gasteiger partial charge in [0.15, 0.2) is 0 Å². The highest BCUT2D eigenvalue weighted by molar-refractivity contribution is 7.98. The van der Waals surface area contributed by atoms with Crippen LogP contribution >= 0.6 is 11.8 Å². The molecule has 0 aliphatic heterocycles. The van der Waals surface area contributed by atoms with Crippen molar-refractivity contribution in [1.82, 2.24) is 10.0 Å². The van der Waals surface area contributed by atoms with Crippen molar-refractivity contribution in [3.8, 4) is 5.75 Å². The van der Waals surface area contributed by atoms with Gasteiger partial charge in [0.2, 0.25) is 15.9 Å². The summed E-state index contributed by atoms with van der Waals surface area (Å²) in [7, 11) is -3.89. The smallest absolute Gasteiger partial charge is 0.416 e. The zero-order valence-corrected chi connectivity index (χ0v) is 18.3. The van der Waals surface area contributed by atoms with E-state index in [-0.39, 0.29) is 30.2 Å². The fourth-order valence-corrected chi connectivity index (χ4v) is 4.29. The van der Waals surface area contributed by atoms with Gasteiger partial charge in [-0.3, -0.25) is 4.79 Å². The van der Waals surface area contributed by atoms with Crippen LogP contribution in [-0.2, 0) is 21.0 Å². The molecule has 0 radical (unpaired) electrons. The highest BCUT2D eigenvalue weighted by atomic mass is 32.2. The van der Waals surface area contributed by atoms with E-state index in [0.717, 1.165) is 12.1 Å². The molecule has 0 aromatic heterocycles. The number of benzene rings is 2. The molecule has 0 heterocycles. The molecule has 11 heteroatoms. The average Bonchev–Trinajstić information content (AvgIpc) is 2.74. The molecule has 0 bridgehead atoms. The molecule has 1 amide bonds. The zero-order valence-electron chi connectivity index (χ0n) is 16.7. The van der Waals surface area contributed by atoms with Gasteiger partial charge in [-0.25, -0.2) is 8.42 Å². The van der Waals surface area contributed by atoms with E-state index in [2.05, 4.69) is 10.0 Å². The molecule has 6 nitrogen and oxygen atoms in total. The van der Waals surface area contributed by atoms with Crippen LogP contribution in [0.3, 0.4) is 0 Å². The molecule has 0 saturated heterocycles. The number of sulfonamides is 1. The molecule has 170 valence electrons. The molecule has 2 N–H and O–H groups in total. The van der Waals surface area contributed by atoms with Gasteiger partial charge in [0.25, 0.3) is 0 Å². The van der Waals surface area contributed by atoms with Gasteiger partial charge in [0, 0.05) is 0 Å². The van der Waals surface area contributed by atoms with E-state index in [0.29, 0.717) is 5.75 Å². The summed E-state index contributed by atoms with van der Waals surface area (Å²) in [4.78, 5) is 12.5. The molecule has 31 heavy (non-hydrogen) atoms. The lowest BCUT2D eigenvalue weighted by Crippen LogP contribution is -2.47. The topological polar surface area (TPSA) is 84.5 Å². The molecule has 2 rings (SSSR count). The molecule has 0 aliphatic rings. The minimum absolute atomic E-state index is 0.00207. The second-order valence-electron chi connectivity index (χ2n) is 6.43. The number of halogens is 3. The SMILES string of the molecule is CSCCC(NS(=O)(=O)c1ccccc1)C(=O)NCCOc1cccc(C(F)(F)F)c1. The van der Waals surface area contributed by atoms with Crippen LogP contribution < -0.4 is 14.8 Å². The first kappa shape index (κ1) is 25.0. The van der Waals surface area contributed by atoms with Crippen LogP contribution in [0.15, 0.2) is 59.5 Å². The molecule has 2 aromatic carbocycles. The Hall–Kier alpha value is -2.24. The lowest BCUT2D eigenvalue weighted by atomic mass is 10.2. The number of rotatable bonds is 11. The van der Waals surface area contributed by atoms with E-state index in [1.807, 2.05) is 6.26 Å². The summed E-state index contributed by atoms with van der Waals surface area (Å²) in [5, 5.41) is 2.56. The van der Waals surface area contributed by atoms with Gasteiger partial charge in [0.05, 0.1) is 17.0 Å². The molecule has 1 atom stereocenters. The number of thioether (sulfide) groups is 1. The first-order valence-electron chi connectivity index (χ1n) is 9.27. The van der Waals surface area contributed by atoms with Crippen LogP contribution in [0, 0.1) is 0 Å². The number of carbonyl (C=O) groups is 1. The number of nitrogens with one attached hydrogen (secondary N) is 2. The molecule has 0 spiro atoms. The second kappa shape index (κ2) is 11.4. The summed E-state index contributed by atoms with van der Waals surface area (Å²) in [5.74, 6) is 0.0323. The fourth-order valence-electron chi connectivity index (χ4n) is 2.56. The Bertz CT molecular complexity index is 954. The van der Waals surface area contributed by atoms with Crippen LogP contribution in [0.2, 0.25) is 0 Å². The number of amides is 1. The molecule has 0 saturated carbocycles. The van der Waals surface area contributed by atoms with E-state index in [4.69, 9.17) is 4.74 Å². The maximum absolute atomic E-state index is 12.7. The maximum atomic E-state index is 12.7. The van der Waals surface area contributed by atoms with Gasteiger partial charge in [-0.2, -0.15) is 29.7 Å². The van der Waals surface area contributed by atoms with Gasteiger partial charge < -0.3 is 10.1 Å². The summed E-state index contributed by atoms with van der Waals surface area (Å²) in [6, 6.07) is 11.1. The highest BCUT2D eigenvalue weighted by Gasteiger charge is 2.30. The second-order valence-corrected chi connectivity index (χ2v) is 9.13. The number of alkyl halides is 3. The fraction of sp³-hybridized carbons (Fsp3) is 0.350. The van der Waals surface area contributed by atoms with Crippen LogP contribution in [0.25, 0.3) is 0 Å². The Morgan fingerprint density at radius 1 is 1.13 bits per heavy atom. The summed E-state index contributed by atoms with van der Waals surface area (Å²) >= 11 is 1.47. The molecular formula is C20H23F3N2O4S2. The van der Waals surface area contributed by atoms with Crippen molar-refractivity contribution in [2.75, 3.05) is 25.2 Å². The predicted molar refractivity (Wildman–Crippen MR) is 113 cm³/mol. The third kappa shape index (κ3) is 8.08. The summed E-state index contributed by atoms with van der Waals surface area (Å²) in [6.45, 7) is -0.0777. The number of ether oxygens (including phenoxy) is 1. The van der Waals surface area contributed by atoms with Crippen LogP contribution in [-0.4, -0.2) is 45.5 Å². The highest BCUT2D eigenvalue weighted by Crippen LogP contribution is 2.31. The zero-order chi connectivity index (χ0) is 22.9. The molecule has 1 unspecified atom stereocenters. The maximum Gasteiger partial charge on any atom is 0.416 e. The summed E-state index contributed by atoms with van der Waals surface area (Å²) < 4.78 is 70.9. The number of hydrogen-bond acceptors (Lipinski definition) is 5. The molecule has 0 fully saturated rings. The third-order valence-electron chi connectivity index (χ3n) is 4.11. The van der Waals surface area contributed by atoms with Crippen molar-refractivity contribution in [2.45, 2.75) is 23.5 Å². The van der Waals surface area contributed by atoms with Crippen molar-refractivity contribution in [2.24, 2.45) is 0 Å². The Morgan fingerprint density at radius 3 is 2.48 bits per heavy atom. The van der Waals surface area contributed by atoms with Gasteiger partial charge in [0.1, 0.15) is 18.4 Å². The predicted octanol–water partition coefficient (Wildman–Crippen LogP) is 3.30. The normalized spacial score (nSPS) is 12.9. The quantitative estimate of drug-likeness (QED) is 0.486. The van der Waals surface area contributed by atoms with Crippen molar-refractivity contribution < 1.29 is 31.1 Å². The number of carbonyl (C=O) groups excluding carboxylic acids is 1. The Morgan fingerprint density at radius 2 is 1.84 bits per heavy atom. The summed E-state index contributed by atoms with van der Waals surface area (Å²) in [5.41, 5.74) is -0.832. The first-order chi connectivity index (χ1) is 14.6. The lowest BCUT2D eigenvalue weighted by molar-refractivity contribution is -0.137. The standard InChI is InChI=1S/C20H23F3N2O4S2/c1-30-13-10-18(25-31(27,28)17-8-3-2-4-9-17)19(26)24-11-12-29-16-7-5-6-15(14-16)20(21,22)23/h2-9,14,18,25H,10-13H2,1H3,(H,24,26). The first-order valence-corrected chi connectivity index (χ1v) is 12.2. The van der Waals surface area contributed by atoms with Crippen molar-refractivity contribution in [3.63, 3.8) is 0 Å². The number of hydrogen-bond donors (Lipinski definition) is 2. The van der Waals surface area contributed by atoms with E-state index < -0.39 is 33.7 Å². The Kier molecular flexibility index (Phi) is 9.20. The van der Waals surface area contributed by atoms with E-state index in [9.17, 15) is 26.4 Å². The van der Waals surface area contributed by atoms with E-state index >= 15 is 0 Å². The van der Waals surface area contributed by atoms with Gasteiger partial charge >= 0.3 is 6.18 Å². The monoisotopic (exact) mass is 476 g/mol. The van der Waals surface area contributed by atoms with Crippen molar-refractivity contribution in [3.05, 3.63) is 60.2 Å². The minimum atomic E-state index is -4.48. The van der Waals surface area contributed by atoms with Crippen LogP contribution in [0.4, 0.5) is 13.2 Å². The largest absolute Gasteiger partial charge is 0.492 e. The van der Waals surface area contributed by atoms with Gasteiger partial charge in [-0.15, -0.1) is 0 Å². The van der Waals surface area contributed by atoms with Gasteiger partial charge in [-0.05, 0) is 48.8 Å². The average molecular weight is 477 g/mol. The van der Waals surface area contributed by atoms with E-state index in [1.54, 1.807) is 18.2 Å². The summed E-state index contributed by atoms with van der Waals surface area (Å²) in [6.07, 6.45) is -2.37. The molecular weight excluding hydrogens is 453 g/mol. The minimum Gasteiger partial charge on any atom is -0.492 e. The van der Waals surface area contributed by atoms with Crippen molar-refractivity contribution >= 4 is 27.7 Å². The van der Waals surface area contributed by atoms with Gasteiger partial charge in [-0.1, -0.05) is 24.3 Å².